The van der Waals surface area contributed by atoms with Crippen LogP contribution in [0.25, 0.3) is 0 Å². The van der Waals surface area contributed by atoms with E-state index in [9.17, 15) is 14.7 Å². The van der Waals surface area contributed by atoms with Crippen LogP contribution in [0.3, 0.4) is 0 Å². The normalized spacial score (nSPS) is 21.5. The molecular weight excluding hydrogens is 494 g/mol. The second-order valence-electron chi connectivity index (χ2n) is 11.2. The highest BCUT2D eigenvalue weighted by Gasteiger charge is 2.34. The van der Waals surface area contributed by atoms with Gasteiger partial charge < -0.3 is 23.9 Å². The van der Waals surface area contributed by atoms with Crippen LogP contribution in [0.2, 0.25) is 0 Å². The fourth-order valence-corrected chi connectivity index (χ4v) is 6.65. The summed E-state index contributed by atoms with van der Waals surface area (Å²) in [6.45, 7) is 7.13. The van der Waals surface area contributed by atoms with Crippen molar-refractivity contribution in [3.8, 4) is 11.5 Å². The summed E-state index contributed by atoms with van der Waals surface area (Å²) in [5.74, 6) is 1.44. The molecule has 2 saturated heterocycles. The molecule has 39 heavy (non-hydrogen) atoms. The summed E-state index contributed by atoms with van der Waals surface area (Å²) >= 11 is 0. The van der Waals surface area contributed by atoms with Crippen LogP contribution in [0.15, 0.2) is 58.1 Å². The third kappa shape index (κ3) is 5.08. The predicted octanol–water partition coefficient (Wildman–Crippen LogP) is 2.20. The van der Waals surface area contributed by atoms with Crippen molar-refractivity contribution < 1.29 is 9.84 Å². The zero-order chi connectivity index (χ0) is 27.1. The molecule has 6 rings (SSSR count). The number of pyridine rings is 2. The molecule has 1 N–H and O–H groups in total. The number of aromatic nitrogens is 2. The van der Waals surface area contributed by atoms with Gasteiger partial charge in [-0.3, -0.25) is 19.4 Å². The topological polar surface area (TPSA) is 83.2 Å². The molecule has 5 heterocycles. The predicted molar refractivity (Wildman–Crippen MR) is 151 cm³/mol. The van der Waals surface area contributed by atoms with Gasteiger partial charge in [0.25, 0.3) is 5.56 Å². The van der Waals surface area contributed by atoms with Crippen LogP contribution in [0, 0.1) is 5.92 Å². The number of anilines is 1. The number of hydrogen-bond acceptors (Lipinski definition) is 7. The molecule has 9 nitrogen and oxygen atoms in total. The number of benzene rings is 1. The minimum Gasteiger partial charge on any atom is -0.503 e. The Morgan fingerprint density at radius 2 is 1.69 bits per heavy atom. The summed E-state index contributed by atoms with van der Waals surface area (Å²) in [5, 5.41) is 10.8. The Labute approximate surface area is 228 Å². The zero-order valence-corrected chi connectivity index (χ0v) is 22.8. The Bertz CT molecular complexity index is 1460. The van der Waals surface area contributed by atoms with Crippen molar-refractivity contribution in [1.29, 1.82) is 0 Å². The van der Waals surface area contributed by atoms with Gasteiger partial charge in [-0.15, -0.1) is 0 Å². The number of piperazine rings is 1. The van der Waals surface area contributed by atoms with E-state index in [1.54, 1.807) is 19.2 Å². The SMILES string of the molecule is COc1ccc(N2CCN(Cc3c(O)c(=O)cc(CN4C[C@@H]5C[C@@H](C4)c4cccc(=O)n4C5)n3C)CC2)cc1. The fourth-order valence-electron chi connectivity index (χ4n) is 6.65. The van der Waals surface area contributed by atoms with Crippen molar-refractivity contribution in [1.82, 2.24) is 18.9 Å². The van der Waals surface area contributed by atoms with Gasteiger partial charge in [0.15, 0.2) is 5.75 Å². The van der Waals surface area contributed by atoms with Gasteiger partial charge in [-0.2, -0.15) is 0 Å². The van der Waals surface area contributed by atoms with Crippen molar-refractivity contribution in [3.05, 3.63) is 86.2 Å². The molecule has 2 aromatic heterocycles. The first-order valence-electron chi connectivity index (χ1n) is 13.8. The van der Waals surface area contributed by atoms with Crippen LogP contribution in [-0.2, 0) is 26.7 Å². The van der Waals surface area contributed by atoms with Crippen LogP contribution >= 0.6 is 0 Å². The molecular formula is C30H37N5O4. The van der Waals surface area contributed by atoms with E-state index in [1.807, 2.05) is 34.4 Å². The summed E-state index contributed by atoms with van der Waals surface area (Å²) in [6, 6.07) is 15.3. The summed E-state index contributed by atoms with van der Waals surface area (Å²) < 4.78 is 9.23. The number of methoxy groups -OCH3 is 1. The van der Waals surface area contributed by atoms with Crippen molar-refractivity contribution in [2.75, 3.05) is 51.3 Å². The Morgan fingerprint density at radius 3 is 2.44 bits per heavy atom. The third-order valence-electron chi connectivity index (χ3n) is 8.76. The number of nitrogens with zero attached hydrogens (tertiary/aromatic N) is 5. The lowest BCUT2D eigenvalue weighted by molar-refractivity contribution is 0.112. The first-order valence-corrected chi connectivity index (χ1v) is 13.8. The molecule has 0 amide bonds. The maximum absolute atomic E-state index is 12.8. The second kappa shape index (κ2) is 10.5. The standard InChI is InChI=1S/C30H37N5O4/c1-31-24(19-33-16-21-14-22(18-33)26-4-3-5-29(37)35(26)17-21)15-28(36)30(38)27(31)20-32-10-12-34(13-11-32)23-6-8-25(39-2)9-7-23/h3-9,15,21-22,38H,10-14,16-20H2,1-2H3/t21-,22-/m0/s1. The molecule has 0 aliphatic carbocycles. The van der Waals surface area contributed by atoms with E-state index in [0.29, 0.717) is 30.6 Å². The van der Waals surface area contributed by atoms with Crippen molar-refractivity contribution in [2.24, 2.45) is 13.0 Å². The lowest BCUT2D eigenvalue weighted by Crippen LogP contribution is -2.47. The van der Waals surface area contributed by atoms with E-state index in [4.69, 9.17) is 4.74 Å². The minimum absolute atomic E-state index is 0.0889. The molecule has 0 radical (unpaired) electrons. The Morgan fingerprint density at radius 1 is 0.923 bits per heavy atom. The van der Waals surface area contributed by atoms with Gasteiger partial charge in [0.05, 0.1) is 12.8 Å². The molecule has 2 atom stereocenters. The Kier molecular flexibility index (Phi) is 6.95. The molecule has 0 unspecified atom stereocenters. The molecule has 3 aliphatic rings. The Hall–Kier alpha value is -3.56. The summed E-state index contributed by atoms with van der Waals surface area (Å²) in [7, 11) is 3.63. The summed E-state index contributed by atoms with van der Waals surface area (Å²) in [6.07, 6.45) is 1.10. The molecule has 9 heteroatoms. The van der Waals surface area contributed by atoms with Gasteiger partial charge in [0.2, 0.25) is 5.43 Å². The number of rotatable bonds is 6. The molecule has 3 aliphatic heterocycles. The number of piperidine rings is 1. The van der Waals surface area contributed by atoms with Crippen LogP contribution < -0.4 is 20.6 Å². The summed E-state index contributed by atoms with van der Waals surface area (Å²) in [5.41, 5.74) is 3.65. The van der Waals surface area contributed by atoms with E-state index in [1.165, 1.54) is 5.69 Å². The fraction of sp³-hybridized carbons (Fsp3) is 0.467. The molecule has 0 saturated carbocycles. The highest BCUT2D eigenvalue weighted by Crippen LogP contribution is 2.35. The number of fused-ring (bicyclic) bond motifs is 4. The van der Waals surface area contributed by atoms with E-state index < -0.39 is 0 Å². The van der Waals surface area contributed by atoms with E-state index in [0.717, 1.165) is 69.4 Å². The zero-order valence-electron chi connectivity index (χ0n) is 22.8. The summed E-state index contributed by atoms with van der Waals surface area (Å²) in [4.78, 5) is 32.3. The van der Waals surface area contributed by atoms with Gasteiger partial charge in [-0.1, -0.05) is 6.07 Å². The van der Waals surface area contributed by atoms with E-state index >= 15 is 0 Å². The first kappa shape index (κ1) is 25.7. The van der Waals surface area contributed by atoms with Gasteiger partial charge in [-0.05, 0) is 42.7 Å². The smallest absolute Gasteiger partial charge is 0.250 e. The van der Waals surface area contributed by atoms with Gasteiger partial charge in [-0.25, -0.2) is 0 Å². The third-order valence-corrected chi connectivity index (χ3v) is 8.76. The molecule has 3 aromatic rings. The number of aromatic hydroxyl groups is 1. The quantitative estimate of drug-likeness (QED) is 0.522. The molecule has 2 fully saturated rings. The van der Waals surface area contributed by atoms with Crippen molar-refractivity contribution in [3.63, 3.8) is 0 Å². The average molecular weight is 532 g/mol. The number of hydrogen-bond donors (Lipinski definition) is 1. The maximum Gasteiger partial charge on any atom is 0.250 e. The Balaban J connectivity index is 1.14. The van der Waals surface area contributed by atoms with Gasteiger partial charge in [0, 0.05) is 101 Å². The molecule has 1 aromatic carbocycles. The van der Waals surface area contributed by atoms with Crippen LogP contribution in [0.5, 0.6) is 11.5 Å². The molecule has 206 valence electrons. The second-order valence-corrected chi connectivity index (χ2v) is 11.2. The highest BCUT2D eigenvalue weighted by molar-refractivity contribution is 5.49. The minimum atomic E-state index is -0.316. The van der Waals surface area contributed by atoms with Gasteiger partial charge in [0.1, 0.15) is 5.75 Å². The van der Waals surface area contributed by atoms with E-state index in [-0.39, 0.29) is 16.7 Å². The van der Waals surface area contributed by atoms with Crippen LogP contribution in [0.1, 0.15) is 29.4 Å². The maximum atomic E-state index is 12.8. The lowest BCUT2D eigenvalue weighted by atomic mass is 9.83. The highest BCUT2D eigenvalue weighted by atomic mass is 16.5. The number of likely N-dealkylation sites (tertiary alicyclic amines) is 1. The van der Waals surface area contributed by atoms with Gasteiger partial charge >= 0.3 is 0 Å². The largest absolute Gasteiger partial charge is 0.503 e. The molecule has 0 spiro atoms. The van der Waals surface area contributed by atoms with Crippen molar-refractivity contribution >= 4 is 5.69 Å². The van der Waals surface area contributed by atoms with Crippen molar-refractivity contribution in [2.45, 2.75) is 32.0 Å². The van der Waals surface area contributed by atoms with Crippen LogP contribution in [-0.4, -0.2) is 70.4 Å². The lowest BCUT2D eigenvalue weighted by Gasteiger charge is -2.43. The first-order chi connectivity index (χ1) is 18.9. The monoisotopic (exact) mass is 531 g/mol. The average Bonchev–Trinajstić information content (AvgIpc) is 2.95. The van der Waals surface area contributed by atoms with E-state index in [2.05, 4.69) is 32.9 Å². The van der Waals surface area contributed by atoms with Crippen LogP contribution in [0.4, 0.5) is 5.69 Å². The number of ether oxygens (including phenoxy) is 1. The molecule has 2 bridgehead atoms.